The van der Waals surface area contributed by atoms with Gasteiger partial charge in [-0.2, -0.15) is 58.9 Å². The summed E-state index contributed by atoms with van der Waals surface area (Å²) in [6.45, 7) is 10.9. The largest absolute Gasteiger partial charge is 0.453 e. The second-order valence-electron chi connectivity index (χ2n) is 15.4. The van der Waals surface area contributed by atoms with Crippen molar-refractivity contribution in [1.82, 2.24) is 35.1 Å². The van der Waals surface area contributed by atoms with Crippen molar-refractivity contribution in [3.8, 4) is 23.1 Å². The summed E-state index contributed by atoms with van der Waals surface area (Å²) in [6, 6.07) is 12.1. The summed E-state index contributed by atoms with van der Waals surface area (Å²) in [4.78, 5) is 73.1. The number of methoxy groups -OCH3 is 1. The molecule has 0 unspecified atom stereocenters. The summed E-state index contributed by atoms with van der Waals surface area (Å²) in [5.74, 6) is 7.75. The second kappa shape index (κ2) is 22.4. The van der Waals surface area contributed by atoms with Gasteiger partial charge in [-0.05, 0) is 72.9 Å². The van der Waals surface area contributed by atoms with E-state index in [1.807, 2.05) is 86.9 Å². The molecule has 2 aromatic carbocycles. The average molecular weight is 887 g/mol. The first-order valence-corrected chi connectivity index (χ1v) is 18.7. The van der Waals surface area contributed by atoms with Crippen LogP contribution in [0.25, 0.3) is 22.3 Å². The Morgan fingerprint density at radius 2 is 1.49 bits per heavy atom. The lowest BCUT2D eigenvalue weighted by Crippen LogP contribution is -2.54. The number of fused-ring (bicyclic) bond motifs is 1. The molecule has 3 amide bonds. The third kappa shape index (κ3) is 11.9. The summed E-state index contributed by atoms with van der Waals surface area (Å²) in [7, 11) is 2.68. The Kier molecular flexibility index (Phi) is 19.3. The molecule has 0 radical (unpaired) electrons. The number of imidazole rings is 2. The highest BCUT2D eigenvalue weighted by Crippen LogP contribution is 2.35. The maximum atomic E-state index is 13.7. The van der Waals surface area contributed by atoms with Gasteiger partial charge in [-0.1, -0.05) is 58.6 Å². The lowest BCUT2D eigenvalue weighted by Gasteiger charge is -2.34. The zero-order chi connectivity index (χ0) is 39.3. The van der Waals surface area contributed by atoms with Crippen LogP contribution in [0.1, 0.15) is 95.2 Å². The van der Waals surface area contributed by atoms with Crippen molar-refractivity contribution in [2.75, 3.05) is 27.3 Å². The number of amides is 3. The highest BCUT2D eigenvalue weighted by Gasteiger charge is 2.41. The van der Waals surface area contributed by atoms with Gasteiger partial charge in [0.05, 0.1) is 49.2 Å². The van der Waals surface area contributed by atoms with Crippen molar-refractivity contribution in [2.24, 2.45) is 16.3 Å². The van der Waals surface area contributed by atoms with Crippen LogP contribution in [0.2, 0.25) is 0 Å². The molecule has 322 valence electrons. The minimum atomic E-state index is -0.746. The van der Waals surface area contributed by atoms with E-state index in [2.05, 4.69) is 42.0 Å². The van der Waals surface area contributed by atoms with Crippen molar-refractivity contribution < 1.29 is 28.9 Å². The van der Waals surface area contributed by atoms with Crippen LogP contribution in [0.5, 0.6) is 0 Å². The first kappa shape index (κ1) is 50.9. The van der Waals surface area contributed by atoms with E-state index in [4.69, 9.17) is 14.6 Å². The molecule has 2 saturated heterocycles. The first-order valence-electron chi connectivity index (χ1n) is 18.7. The summed E-state index contributed by atoms with van der Waals surface area (Å²) in [5.41, 5.74) is 4.61. The molecular formula is C41H58N8O6S4. The fourth-order valence-corrected chi connectivity index (χ4v) is 7.24. The number of nitrogens with zero attached hydrogens (tertiary/aromatic N) is 5. The van der Waals surface area contributed by atoms with E-state index in [0.29, 0.717) is 18.9 Å². The SMILES string of the molecule is COOC=N[C@H](C(=O)N1CCC[C@H]1c1ncc(-c2ccc(C#Cc3ccc4nc([C@@H]5CCCN5C(=O)[C@@H](NC(=O)OC)C(C)(C)C)[nH]c4c3)cc2)[nH]1)C(C)C.S.S.S.S. The van der Waals surface area contributed by atoms with E-state index >= 15 is 0 Å². The topological polar surface area (TPSA) is 167 Å². The summed E-state index contributed by atoms with van der Waals surface area (Å²) in [6.07, 6.45) is 5.64. The minimum Gasteiger partial charge on any atom is -0.453 e. The van der Waals surface area contributed by atoms with Crippen molar-refractivity contribution in [3.05, 3.63) is 71.4 Å². The van der Waals surface area contributed by atoms with Crippen LogP contribution >= 0.6 is 54.0 Å². The number of carbonyl (C=O) groups excluding carboxylic acids is 3. The van der Waals surface area contributed by atoms with Crippen LogP contribution in [0, 0.1) is 23.2 Å². The number of likely N-dealkylation sites (tertiary alicyclic amines) is 2. The van der Waals surface area contributed by atoms with Crippen LogP contribution < -0.4 is 5.32 Å². The maximum Gasteiger partial charge on any atom is 0.407 e. The fraction of sp³-hybridized carbons (Fsp3) is 0.463. The van der Waals surface area contributed by atoms with Gasteiger partial charge in [-0.15, -0.1) is 0 Å². The Balaban J connectivity index is 0.00000300. The van der Waals surface area contributed by atoms with Gasteiger partial charge in [-0.3, -0.25) is 9.59 Å². The number of alkyl carbamates (subject to hydrolysis) is 1. The normalized spacial score (nSPS) is 17.2. The maximum absolute atomic E-state index is 13.7. The van der Waals surface area contributed by atoms with Crippen molar-refractivity contribution in [2.45, 2.75) is 84.5 Å². The Hall–Kier alpha value is -4.28. The van der Waals surface area contributed by atoms with E-state index in [1.54, 1.807) is 6.20 Å². The Labute approximate surface area is 374 Å². The van der Waals surface area contributed by atoms with Crippen LogP contribution in [0.3, 0.4) is 0 Å². The predicted octanol–water partition coefficient (Wildman–Crippen LogP) is 6.53. The molecule has 0 aliphatic carbocycles. The standard InChI is InChI=1S/C41H50N8O6.4H2S/c1-25(2)34(43-24-55-54-7)38(50)48-20-8-10-32(48)36-42-23-31(46-36)28-17-14-26(15-18-28)12-13-27-16-19-29-30(22-27)45-37(44-29)33-11-9-21-49(33)39(51)35(41(3,4)5)47-40(52)53-6;;;;/h14-19,22-25,32-35H,8-11,20-21H2,1-7H3,(H,42,46)(H,44,45)(H,47,52);4*1H2/t32-,33-,34-,35+;;;;/m0..../s1. The molecule has 2 aliphatic rings. The predicted molar refractivity (Wildman–Crippen MR) is 249 cm³/mol. The number of aliphatic imine (C=N–C) groups is 1. The average Bonchev–Trinajstić information content (AvgIpc) is 3.99. The highest BCUT2D eigenvalue weighted by molar-refractivity contribution is 7.59. The van der Waals surface area contributed by atoms with Gasteiger partial charge in [0, 0.05) is 24.2 Å². The van der Waals surface area contributed by atoms with Gasteiger partial charge in [0.2, 0.25) is 18.2 Å². The molecule has 59 heavy (non-hydrogen) atoms. The zero-order valence-electron chi connectivity index (χ0n) is 34.5. The summed E-state index contributed by atoms with van der Waals surface area (Å²) in [5, 5.41) is 2.73. The molecule has 3 N–H and O–H groups in total. The number of aromatic nitrogens is 4. The van der Waals surface area contributed by atoms with E-state index < -0.39 is 23.6 Å². The van der Waals surface area contributed by atoms with Crippen LogP contribution in [0.4, 0.5) is 4.79 Å². The fourth-order valence-electron chi connectivity index (χ4n) is 7.24. The molecule has 2 aromatic heterocycles. The molecule has 4 heterocycles. The monoisotopic (exact) mass is 886 g/mol. The molecule has 0 saturated carbocycles. The van der Waals surface area contributed by atoms with E-state index in [1.165, 1.54) is 20.6 Å². The third-order valence-electron chi connectivity index (χ3n) is 10.2. The number of hydrogen-bond donors (Lipinski definition) is 3. The van der Waals surface area contributed by atoms with Gasteiger partial charge in [0.15, 0.2) is 0 Å². The van der Waals surface area contributed by atoms with Gasteiger partial charge >= 0.3 is 6.09 Å². The molecule has 2 aliphatic heterocycles. The molecule has 4 aromatic rings. The number of carbonyl (C=O) groups is 3. The lowest BCUT2D eigenvalue weighted by molar-refractivity contribution is -0.188. The number of hydrogen-bond acceptors (Lipinski definition) is 9. The van der Waals surface area contributed by atoms with E-state index in [0.717, 1.165) is 64.9 Å². The van der Waals surface area contributed by atoms with Crippen LogP contribution in [-0.4, -0.2) is 93.4 Å². The van der Waals surface area contributed by atoms with E-state index in [-0.39, 0.29) is 83.8 Å². The van der Waals surface area contributed by atoms with Gasteiger partial charge in [0.1, 0.15) is 23.7 Å². The molecule has 2 fully saturated rings. The highest BCUT2D eigenvalue weighted by atomic mass is 32.1. The number of rotatable bonds is 10. The number of aromatic amines is 2. The number of ether oxygens (including phenoxy) is 1. The molecule has 14 nitrogen and oxygen atoms in total. The molecule has 18 heteroatoms. The first-order chi connectivity index (χ1) is 26.4. The third-order valence-corrected chi connectivity index (χ3v) is 10.2. The number of benzene rings is 2. The molecule has 4 atom stereocenters. The summed E-state index contributed by atoms with van der Waals surface area (Å²) < 4.78 is 4.80. The van der Waals surface area contributed by atoms with Crippen molar-refractivity contribution in [3.63, 3.8) is 0 Å². The Morgan fingerprint density at radius 3 is 2.10 bits per heavy atom. The minimum absolute atomic E-state index is 0. The Bertz CT molecular complexity index is 2110. The van der Waals surface area contributed by atoms with Crippen LogP contribution in [-0.2, 0) is 24.1 Å². The smallest absolute Gasteiger partial charge is 0.407 e. The van der Waals surface area contributed by atoms with Crippen LogP contribution in [0.15, 0.2) is 53.7 Å². The van der Waals surface area contributed by atoms with Gasteiger partial charge in [-0.25, -0.2) is 19.8 Å². The second-order valence-corrected chi connectivity index (χ2v) is 15.4. The van der Waals surface area contributed by atoms with E-state index in [9.17, 15) is 14.4 Å². The van der Waals surface area contributed by atoms with Crippen molar-refractivity contribution in [1.29, 1.82) is 0 Å². The zero-order valence-corrected chi connectivity index (χ0v) is 38.5. The van der Waals surface area contributed by atoms with Gasteiger partial charge in [0.25, 0.3) is 0 Å². The molecule has 0 bridgehead atoms. The quantitative estimate of drug-likeness (QED) is 0.0532. The summed E-state index contributed by atoms with van der Waals surface area (Å²) >= 11 is 0. The lowest BCUT2D eigenvalue weighted by atomic mass is 9.85. The molecule has 6 rings (SSSR count). The molecular weight excluding hydrogens is 829 g/mol. The number of nitrogens with one attached hydrogen (secondary N) is 3. The molecule has 0 spiro atoms. The van der Waals surface area contributed by atoms with Crippen molar-refractivity contribution >= 4 is 89.3 Å². The Morgan fingerprint density at radius 1 is 0.881 bits per heavy atom. The van der Waals surface area contributed by atoms with Gasteiger partial charge < -0.3 is 34.7 Å². The number of H-pyrrole nitrogens is 2.